The summed E-state index contributed by atoms with van der Waals surface area (Å²) in [6, 6.07) is 4.13. The van der Waals surface area contributed by atoms with Gasteiger partial charge in [0.1, 0.15) is 18.0 Å². The molecule has 0 aliphatic carbocycles. The van der Waals surface area contributed by atoms with Gasteiger partial charge in [-0.05, 0) is 18.6 Å². The van der Waals surface area contributed by atoms with Crippen molar-refractivity contribution in [3.63, 3.8) is 0 Å². The summed E-state index contributed by atoms with van der Waals surface area (Å²) >= 11 is 5.90. The molecule has 0 unspecified atom stereocenters. The van der Waals surface area contributed by atoms with E-state index < -0.39 is 11.7 Å². The summed E-state index contributed by atoms with van der Waals surface area (Å²) in [6.45, 7) is 3.50. The van der Waals surface area contributed by atoms with Gasteiger partial charge in [-0.3, -0.25) is 4.79 Å². The van der Waals surface area contributed by atoms with Crippen LogP contribution in [0.5, 0.6) is 0 Å². The number of aromatic nitrogens is 4. The van der Waals surface area contributed by atoms with Gasteiger partial charge < -0.3 is 10.6 Å². The van der Waals surface area contributed by atoms with Gasteiger partial charge in [0.2, 0.25) is 0 Å². The van der Waals surface area contributed by atoms with Gasteiger partial charge in [-0.15, -0.1) is 0 Å². The summed E-state index contributed by atoms with van der Waals surface area (Å²) in [5, 5.41) is 11.1. The average Bonchev–Trinajstić information content (AvgIpc) is 3.03. The van der Waals surface area contributed by atoms with E-state index in [1.165, 1.54) is 24.5 Å². The minimum atomic E-state index is -0.654. The molecule has 2 aromatic heterocycles. The predicted molar refractivity (Wildman–Crippen MR) is 97.8 cm³/mol. The Balaban J connectivity index is 1.68. The lowest BCUT2D eigenvalue weighted by Gasteiger charge is -2.08. The van der Waals surface area contributed by atoms with E-state index in [4.69, 9.17) is 11.6 Å². The highest BCUT2D eigenvalue weighted by atomic mass is 35.5. The number of fused-ring (bicyclic) bond motifs is 1. The molecule has 0 fully saturated rings. The summed E-state index contributed by atoms with van der Waals surface area (Å²) < 4.78 is 15.4. The Kier molecular flexibility index (Phi) is 5.62. The molecule has 0 aliphatic rings. The monoisotopic (exact) mass is 376 g/mol. The molecule has 0 atom stereocenters. The second-order valence-corrected chi connectivity index (χ2v) is 6.01. The molecule has 0 spiro atoms. The molecule has 136 valence electrons. The summed E-state index contributed by atoms with van der Waals surface area (Å²) in [4.78, 5) is 20.6. The fourth-order valence-electron chi connectivity index (χ4n) is 2.52. The smallest absolute Gasteiger partial charge is 0.255 e. The van der Waals surface area contributed by atoms with Crippen LogP contribution in [0, 0.1) is 5.82 Å². The minimum Gasteiger partial charge on any atom is -0.369 e. The van der Waals surface area contributed by atoms with E-state index in [0.29, 0.717) is 12.2 Å². The largest absolute Gasteiger partial charge is 0.369 e. The first-order valence-electron chi connectivity index (χ1n) is 8.24. The first-order valence-corrected chi connectivity index (χ1v) is 8.62. The molecule has 3 rings (SSSR count). The lowest BCUT2D eigenvalue weighted by Crippen LogP contribution is -2.28. The molecule has 7 nitrogen and oxygen atoms in total. The van der Waals surface area contributed by atoms with Crippen molar-refractivity contribution in [2.75, 3.05) is 18.4 Å². The Morgan fingerprint density at radius 2 is 2.15 bits per heavy atom. The maximum absolute atomic E-state index is 13.8. The van der Waals surface area contributed by atoms with Crippen molar-refractivity contribution < 1.29 is 9.18 Å². The minimum absolute atomic E-state index is 0.0754. The quantitative estimate of drug-likeness (QED) is 0.662. The van der Waals surface area contributed by atoms with Gasteiger partial charge in [0, 0.05) is 13.1 Å². The fraction of sp³-hybridized carbons (Fsp3) is 0.294. The average molecular weight is 377 g/mol. The Morgan fingerprint density at radius 1 is 1.31 bits per heavy atom. The van der Waals surface area contributed by atoms with Crippen molar-refractivity contribution in [1.82, 2.24) is 25.1 Å². The number of halogens is 2. The van der Waals surface area contributed by atoms with E-state index in [0.717, 1.165) is 24.2 Å². The zero-order valence-corrected chi connectivity index (χ0v) is 14.9. The molecule has 2 heterocycles. The molecular formula is C17H18ClFN6O. The third-order valence-corrected chi connectivity index (χ3v) is 4.09. The van der Waals surface area contributed by atoms with Gasteiger partial charge in [-0.1, -0.05) is 24.6 Å². The van der Waals surface area contributed by atoms with Crippen molar-refractivity contribution in [2.45, 2.75) is 19.9 Å². The zero-order chi connectivity index (χ0) is 18.5. The van der Waals surface area contributed by atoms with E-state index in [1.807, 2.05) is 0 Å². The molecule has 3 aromatic rings. The van der Waals surface area contributed by atoms with Crippen LogP contribution < -0.4 is 10.6 Å². The van der Waals surface area contributed by atoms with Crippen LogP contribution in [-0.4, -0.2) is 38.7 Å². The van der Waals surface area contributed by atoms with Crippen LogP contribution in [0.3, 0.4) is 0 Å². The number of carbonyl (C=O) groups excluding carboxylic acids is 1. The molecule has 0 saturated heterocycles. The van der Waals surface area contributed by atoms with Crippen molar-refractivity contribution >= 4 is 34.4 Å². The van der Waals surface area contributed by atoms with Crippen LogP contribution in [0.2, 0.25) is 5.02 Å². The first kappa shape index (κ1) is 18.1. The molecule has 2 N–H and O–H groups in total. The van der Waals surface area contributed by atoms with Crippen LogP contribution in [0.15, 0.2) is 30.7 Å². The molecule has 1 aromatic carbocycles. The number of amides is 1. The fourth-order valence-corrected chi connectivity index (χ4v) is 2.77. The van der Waals surface area contributed by atoms with Crippen molar-refractivity contribution in [3.8, 4) is 0 Å². The van der Waals surface area contributed by atoms with Gasteiger partial charge in [0.15, 0.2) is 5.65 Å². The van der Waals surface area contributed by atoms with E-state index >= 15 is 0 Å². The number of anilines is 1. The van der Waals surface area contributed by atoms with Gasteiger partial charge in [-0.25, -0.2) is 19.0 Å². The summed E-state index contributed by atoms with van der Waals surface area (Å²) in [6.07, 6.45) is 4.13. The van der Waals surface area contributed by atoms with Gasteiger partial charge in [0.05, 0.1) is 28.7 Å². The van der Waals surface area contributed by atoms with Gasteiger partial charge in [-0.2, -0.15) is 5.10 Å². The summed E-state index contributed by atoms with van der Waals surface area (Å²) in [5.41, 5.74) is 0.504. The third-order valence-electron chi connectivity index (χ3n) is 3.78. The van der Waals surface area contributed by atoms with E-state index in [-0.39, 0.29) is 17.1 Å². The van der Waals surface area contributed by atoms with E-state index in [9.17, 15) is 9.18 Å². The third kappa shape index (κ3) is 3.75. The lowest BCUT2D eigenvalue weighted by atomic mass is 10.2. The molecule has 0 saturated carbocycles. The van der Waals surface area contributed by atoms with Crippen molar-refractivity contribution in [3.05, 3.63) is 47.1 Å². The highest BCUT2D eigenvalue weighted by Gasteiger charge is 2.15. The number of nitrogens with one attached hydrogen (secondary N) is 2. The number of hydrogen-bond acceptors (Lipinski definition) is 5. The standard InChI is InChI=1S/C17H18ClFN6O/c1-2-6-20-15-11-9-24-25(16(11)23-10-22-15)8-7-21-17(26)14-12(18)4-3-5-13(14)19/h3-5,9-10H,2,6-8H2,1H3,(H,21,26)(H,20,22,23). The van der Waals surface area contributed by atoms with Crippen LogP contribution in [0.4, 0.5) is 10.2 Å². The van der Waals surface area contributed by atoms with Gasteiger partial charge >= 0.3 is 0 Å². The van der Waals surface area contributed by atoms with Crippen molar-refractivity contribution in [1.29, 1.82) is 0 Å². The molecule has 0 bridgehead atoms. The first-order chi connectivity index (χ1) is 12.6. The summed E-state index contributed by atoms with van der Waals surface area (Å²) in [5.74, 6) is -0.492. The Labute approximate surface area is 154 Å². The lowest BCUT2D eigenvalue weighted by molar-refractivity contribution is 0.0948. The Bertz CT molecular complexity index is 909. The van der Waals surface area contributed by atoms with E-state index in [2.05, 4.69) is 32.6 Å². The molecule has 26 heavy (non-hydrogen) atoms. The van der Waals surface area contributed by atoms with Gasteiger partial charge in [0.25, 0.3) is 5.91 Å². The molecule has 0 aliphatic heterocycles. The zero-order valence-electron chi connectivity index (χ0n) is 14.2. The van der Waals surface area contributed by atoms with Crippen LogP contribution in [0.25, 0.3) is 11.0 Å². The second kappa shape index (κ2) is 8.09. The number of nitrogens with zero attached hydrogens (tertiary/aromatic N) is 4. The summed E-state index contributed by atoms with van der Waals surface area (Å²) in [7, 11) is 0. The number of benzene rings is 1. The molecule has 0 radical (unpaired) electrons. The number of hydrogen-bond donors (Lipinski definition) is 2. The SMILES string of the molecule is CCCNc1ncnc2c1cnn2CCNC(=O)c1c(F)cccc1Cl. The van der Waals surface area contributed by atoms with E-state index in [1.54, 1.807) is 10.9 Å². The number of carbonyl (C=O) groups is 1. The Morgan fingerprint density at radius 3 is 2.92 bits per heavy atom. The normalized spacial score (nSPS) is 10.9. The van der Waals surface area contributed by atoms with Crippen LogP contribution in [-0.2, 0) is 6.54 Å². The highest BCUT2D eigenvalue weighted by Crippen LogP contribution is 2.19. The van der Waals surface area contributed by atoms with Crippen LogP contribution >= 0.6 is 11.6 Å². The predicted octanol–water partition coefficient (Wildman–Crippen LogP) is 2.87. The molecule has 9 heteroatoms. The topological polar surface area (TPSA) is 84.7 Å². The highest BCUT2D eigenvalue weighted by molar-refractivity contribution is 6.33. The molecule has 1 amide bonds. The second-order valence-electron chi connectivity index (χ2n) is 5.61. The molecular weight excluding hydrogens is 359 g/mol. The van der Waals surface area contributed by atoms with Crippen LogP contribution in [0.1, 0.15) is 23.7 Å². The van der Waals surface area contributed by atoms with Crippen molar-refractivity contribution in [2.24, 2.45) is 0 Å². The number of rotatable bonds is 7. The maximum Gasteiger partial charge on any atom is 0.255 e. The Hall–Kier alpha value is -2.74. The maximum atomic E-state index is 13.8.